The molecule has 2 rings (SSSR count). The highest BCUT2D eigenvalue weighted by Gasteiger charge is 2.19. The maximum absolute atomic E-state index is 13.8. The van der Waals surface area contributed by atoms with Gasteiger partial charge >= 0.3 is 5.97 Å². The molecule has 9 heteroatoms. The number of benzene rings is 2. The average Bonchev–Trinajstić information content (AvgIpc) is 2.83. The number of carbonyl (C=O) groups excluding carboxylic acids is 1. The van der Waals surface area contributed by atoms with Gasteiger partial charge in [0.2, 0.25) is 0 Å². The van der Waals surface area contributed by atoms with Crippen LogP contribution in [0.2, 0.25) is 0 Å². The van der Waals surface area contributed by atoms with Crippen molar-refractivity contribution in [2.24, 2.45) is 5.92 Å². The molecule has 190 valence electrons. The lowest BCUT2D eigenvalue weighted by atomic mass is 10.0. The van der Waals surface area contributed by atoms with Crippen LogP contribution < -0.4 is 20.9 Å². The van der Waals surface area contributed by atoms with Gasteiger partial charge in [-0.25, -0.2) is 4.39 Å². The van der Waals surface area contributed by atoms with Crippen molar-refractivity contribution in [1.29, 1.82) is 0 Å². The van der Waals surface area contributed by atoms with Gasteiger partial charge in [0.05, 0.1) is 21.3 Å². The molecule has 3 N–H and O–H groups in total. The van der Waals surface area contributed by atoms with Crippen molar-refractivity contribution >= 4 is 23.4 Å². The summed E-state index contributed by atoms with van der Waals surface area (Å²) in [6, 6.07) is 13.4. The molecule has 0 amide bonds. The van der Waals surface area contributed by atoms with E-state index in [0.717, 1.165) is 10.6 Å². The van der Waals surface area contributed by atoms with E-state index in [9.17, 15) is 9.18 Å². The van der Waals surface area contributed by atoms with Crippen LogP contribution in [0.15, 0.2) is 76.3 Å². The van der Waals surface area contributed by atoms with Gasteiger partial charge in [-0.3, -0.25) is 15.1 Å². The minimum absolute atomic E-state index is 0.306. The van der Waals surface area contributed by atoms with Crippen LogP contribution in [0, 0.1) is 11.7 Å². The predicted octanol–water partition coefficient (Wildman–Crippen LogP) is 5.09. The summed E-state index contributed by atoms with van der Waals surface area (Å²) in [6.45, 7) is 4.48. The van der Waals surface area contributed by atoms with E-state index in [0.29, 0.717) is 35.3 Å². The number of nitrogens with one attached hydrogen (secondary N) is 3. The zero-order valence-corrected chi connectivity index (χ0v) is 21.6. The normalized spacial score (nSPS) is 12.9. The number of halogens is 1. The van der Waals surface area contributed by atoms with Gasteiger partial charge in [0.25, 0.3) is 0 Å². The van der Waals surface area contributed by atoms with Crippen molar-refractivity contribution in [2.45, 2.75) is 31.2 Å². The smallest absolute Gasteiger partial charge is 0.322 e. The first-order chi connectivity index (χ1) is 16.8. The third kappa shape index (κ3) is 10.4. The Balaban J connectivity index is 2.28. The monoisotopic (exact) mass is 503 g/mol. The summed E-state index contributed by atoms with van der Waals surface area (Å²) in [7, 11) is 4.53. The summed E-state index contributed by atoms with van der Waals surface area (Å²) in [5.41, 5.74) is 4.15. The molecule has 0 saturated heterocycles. The van der Waals surface area contributed by atoms with E-state index < -0.39 is 6.04 Å². The molecule has 0 saturated carbocycles. The summed E-state index contributed by atoms with van der Waals surface area (Å²) >= 11 is 1.45. The Morgan fingerprint density at radius 2 is 1.86 bits per heavy atom. The summed E-state index contributed by atoms with van der Waals surface area (Å²) in [5.74, 6) is 0.431. The number of thioether (sulfide) groups is 1. The number of anilines is 1. The van der Waals surface area contributed by atoms with Crippen LogP contribution in [0.1, 0.15) is 20.3 Å². The lowest BCUT2D eigenvalue weighted by Gasteiger charge is -2.18. The first-order valence-corrected chi connectivity index (χ1v) is 12.0. The van der Waals surface area contributed by atoms with Crippen molar-refractivity contribution in [3.63, 3.8) is 0 Å². The minimum Gasteiger partial charge on any atom is -0.497 e. The molecule has 7 nitrogen and oxygen atoms in total. The molecular weight excluding hydrogens is 469 g/mol. The number of rotatable bonds is 14. The Hall–Kier alpha value is -3.01. The fourth-order valence-corrected chi connectivity index (χ4v) is 4.00. The second-order valence-corrected chi connectivity index (χ2v) is 9.12. The highest BCUT2D eigenvalue weighted by atomic mass is 32.2. The first-order valence-electron chi connectivity index (χ1n) is 11.2. The second-order valence-electron chi connectivity index (χ2n) is 8.00. The number of carbonyl (C=O) groups is 1. The molecule has 35 heavy (non-hydrogen) atoms. The highest BCUT2D eigenvalue weighted by Crippen LogP contribution is 2.28. The molecule has 0 fully saturated rings. The molecule has 0 spiro atoms. The Bertz CT molecular complexity index is 996. The lowest BCUT2D eigenvalue weighted by molar-refractivity contribution is -0.143. The van der Waals surface area contributed by atoms with Crippen LogP contribution in [-0.4, -0.2) is 39.9 Å². The Morgan fingerprint density at radius 1 is 1.11 bits per heavy atom. The van der Waals surface area contributed by atoms with Gasteiger partial charge in [0, 0.05) is 22.8 Å². The van der Waals surface area contributed by atoms with Crippen molar-refractivity contribution < 1.29 is 23.5 Å². The molecule has 0 aliphatic rings. The van der Waals surface area contributed by atoms with Crippen LogP contribution in [0.4, 0.5) is 10.1 Å². The molecule has 0 radical (unpaired) electrons. The second kappa shape index (κ2) is 15.1. The maximum Gasteiger partial charge on any atom is 0.322 e. The van der Waals surface area contributed by atoms with Gasteiger partial charge in [-0.1, -0.05) is 31.7 Å². The summed E-state index contributed by atoms with van der Waals surface area (Å²) in [6.07, 6.45) is 4.38. The van der Waals surface area contributed by atoms with Crippen molar-refractivity contribution in [1.82, 2.24) is 10.8 Å². The van der Waals surface area contributed by atoms with Gasteiger partial charge in [-0.2, -0.15) is 0 Å². The van der Waals surface area contributed by atoms with E-state index >= 15 is 0 Å². The van der Waals surface area contributed by atoms with Crippen LogP contribution in [-0.2, 0) is 14.4 Å². The third-order valence-electron chi connectivity index (χ3n) is 4.77. The molecule has 0 aliphatic heterocycles. The summed E-state index contributed by atoms with van der Waals surface area (Å²) < 4.78 is 23.9. The standard InChI is InChI=1S/C26H34FN3O4S/c1-18(2)15-24(26(31)33-4)28-14-13-21(29-20-8-6-7-19(27)16-20)17-25(30-34-5)35-23-11-9-22(32-3)10-12-23/h6-13,16-18,24,28-30H,14-15H2,1-5H3/b21-13+,25-17+. The fourth-order valence-electron chi connectivity index (χ4n) is 3.16. The van der Waals surface area contributed by atoms with Crippen molar-refractivity contribution in [3.8, 4) is 5.75 Å². The number of hydroxylamine groups is 1. The van der Waals surface area contributed by atoms with E-state index in [1.54, 1.807) is 19.2 Å². The average molecular weight is 504 g/mol. The fraction of sp³-hybridized carbons (Fsp3) is 0.346. The zero-order valence-electron chi connectivity index (χ0n) is 20.8. The number of hydrogen-bond acceptors (Lipinski definition) is 8. The van der Waals surface area contributed by atoms with Crippen molar-refractivity contribution in [3.05, 3.63) is 77.2 Å². The van der Waals surface area contributed by atoms with E-state index in [2.05, 4.69) is 16.1 Å². The molecule has 0 bridgehead atoms. The molecular formula is C26H34FN3O4S. The Kier molecular flexibility index (Phi) is 12.2. The summed E-state index contributed by atoms with van der Waals surface area (Å²) in [5, 5.41) is 7.15. The van der Waals surface area contributed by atoms with E-state index in [4.69, 9.17) is 14.3 Å². The van der Waals surface area contributed by atoms with Gasteiger partial charge in [-0.15, -0.1) is 0 Å². The first kappa shape index (κ1) is 28.2. The molecule has 2 aromatic rings. The van der Waals surface area contributed by atoms with E-state index in [1.807, 2.05) is 50.3 Å². The quantitative estimate of drug-likeness (QED) is 0.142. The topological polar surface area (TPSA) is 80.9 Å². The minimum atomic E-state index is -0.430. The van der Waals surface area contributed by atoms with Gasteiger partial charge in [0.1, 0.15) is 22.6 Å². The van der Waals surface area contributed by atoms with Gasteiger partial charge in [0.15, 0.2) is 0 Å². The Morgan fingerprint density at radius 3 is 2.46 bits per heavy atom. The number of ether oxygens (including phenoxy) is 2. The number of allylic oxidation sites excluding steroid dienone is 1. The van der Waals surface area contributed by atoms with Crippen LogP contribution in [0.25, 0.3) is 0 Å². The van der Waals surface area contributed by atoms with Gasteiger partial charge < -0.3 is 20.1 Å². The molecule has 1 unspecified atom stereocenters. The predicted molar refractivity (Wildman–Crippen MR) is 138 cm³/mol. The van der Waals surface area contributed by atoms with E-state index in [-0.39, 0.29) is 11.8 Å². The molecule has 1 atom stereocenters. The Labute approximate surface area is 211 Å². The molecule has 0 heterocycles. The number of esters is 1. The number of methoxy groups -OCH3 is 2. The van der Waals surface area contributed by atoms with Crippen LogP contribution in [0.5, 0.6) is 5.75 Å². The molecule has 0 aromatic heterocycles. The van der Waals surface area contributed by atoms with Crippen molar-refractivity contribution in [2.75, 3.05) is 33.2 Å². The highest BCUT2D eigenvalue weighted by molar-refractivity contribution is 8.03. The maximum atomic E-state index is 13.8. The van der Waals surface area contributed by atoms with Crippen LogP contribution >= 0.6 is 11.8 Å². The molecule has 2 aromatic carbocycles. The molecule has 0 aliphatic carbocycles. The largest absolute Gasteiger partial charge is 0.497 e. The SMILES string of the molecule is CON/C(=C\C(=C/CNC(CC(C)C)C(=O)OC)Nc1cccc(F)c1)Sc1ccc(OC)cc1. The van der Waals surface area contributed by atoms with Gasteiger partial charge in [-0.05, 0) is 67.0 Å². The lowest BCUT2D eigenvalue weighted by Crippen LogP contribution is -2.38. The van der Waals surface area contributed by atoms with E-state index in [1.165, 1.54) is 38.1 Å². The third-order valence-corrected chi connectivity index (χ3v) is 5.70. The summed E-state index contributed by atoms with van der Waals surface area (Å²) in [4.78, 5) is 18.3. The number of hydrogen-bond donors (Lipinski definition) is 3. The zero-order chi connectivity index (χ0) is 25.6. The van der Waals surface area contributed by atoms with Crippen LogP contribution in [0.3, 0.4) is 0 Å².